The highest BCUT2D eigenvalue weighted by Crippen LogP contribution is 2.30. The molecule has 7 nitrogen and oxygen atoms in total. The number of nitrogens with zero attached hydrogens (tertiary/aromatic N) is 2. The Morgan fingerprint density at radius 1 is 1.32 bits per heavy atom. The standard InChI is InChI=1S/C15H12F3N5O2/c1-23-10-3-2-7(21-14-20-6-9(22-14)13(19)25)4-8(10)11(24)5-12(23)15(16,17)18/h2-6H,1H3,(H2,19,25)(H2,20,21,22). The Hall–Kier alpha value is -3.30. The van der Waals surface area contributed by atoms with Crippen molar-refractivity contribution in [1.82, 2.24) is 14.5 Å². The minimum Gasteiger partial charge on any atom is -0.364 e. The number of anilines is 2. The zero-order chi connectivity index (χ0) is 18.4. The van der Waals surface area contributed by atoms with Gasteiger partial charge in [0.25, 0.3) is 5.91 Å². The summed E-state index contributed by atoms with van der Waals surface area (Å²) in [6.07, 6.45) is -3.39. The highest BCUT2D eigenvalue weighted by atomic mass is 19.4. The fourth-order valence-electron chi connectivity index (χ4n) is 2.45. The first-order chi connectivity index (χ1) is 11.7. The van der Waals surface area contributed by atoms with Crippen molar-refractivity contribution in [2.45, 2.75) is 6.18 Å². The lowest BCUT2D eigenvalue weighted by Crippen LogP contribution is -2.19. The molecule has 0 spiro atoms. The maximum absolute atomic E-state index is 13.0. The van der Waals surface area contributed by atoms with Crippen LogP contribution in [0.25, 0.3) is 10.9 Å². The molecule has 0 radical (unpaired) electrons. The zero-order valence-corrected chi connectivity index (χ0v) is 12.8. The summed E-state index contributed by atoms with van der Waals surface area (Å²) in [5, 5.41) is 2.93. The molecule has 1 amide bonds. The monoisotopic (exact) mass is 351 g/mol. The van der Waals surface area contributed by atoms with E-state index in [1.807, 2.05) is 0 Å². The molecule has 3 aromatic rings. The molecule has 1 aromatic carbocycles. The van der Waals surface area contributed by atoms with E-state index in [9.17, 15) is 22.8 Å². The number of fused-ring (bicyclic) bond motifs is 1. The molecule has 0 atom stereocenters. The lowest BCUT2D eigenvalue weighted by Gasteiger charge is -2.15. The molecule has 130 valence electrons. The number of hydrogen-bond acceptors (Lipinski definition) is 4. The average molecular weight is 351 g/mol. The Balaban J connectivity index is 2.04. The number of carbonyl (C=O) groups excluding carboxylic acids is 1. The summed E-state index contributed by atoms with van der Waals surface area (Å²) in [5.41, 5.74) is 3.98. The van der Waals surface area contributed by atoms with Crippen molar-refractivity contribution >= 4 is 28.4 Å². The molecule has 3 rings (SSSR count). The Bertz CT molecular complexity index is 1040. The van der Waals surface area contributed by atoms with Crippen LogP contribution in [0.15, 0.2) is 35.3 Å². The number of hydrogen-bond donors (Lipinski definition) is 3. The number of rotatable bonds is 3. The summed E-state index contributed by atoms with van der Waals surface area (Å²) >= 11 is 0. The topological polar surface area (TPSA) is 106 Å². The largest absolute Gasteiger partial charge is 0.431 e. The molecule has 10 heteroatoms. The van der Waals surface area contributed by atoms with E-state index in [0.29, 0.717) is 11.8 Å². The number of aromatic amines is 1. The number of carbonyl (C=O) groups is 1. The predicted octanol–water partition coefficient (Wildman–Crippen LogP) is 2.12. The molecule has 2 heterocycles. The van der Waals surface area contributed by atoms with Crippen LogP contribution in [0.3, 0.4) is 0 Å². The van der Waals surface area contributed by atoms with Crippen LogP contribution in [0, 0.1) is 0 Å². The number of halogens is 3. The van der Waals surface area contributed by atoms with Crippen LogP contribution in [-0.4, -0.2) is 20.4 Å². The Morgan fingerprint density at radius 2 is 2.04 bits per heavy atom. The third kappa shape index (κ3) is 3.05. The predicted molar refractivity (Wildman–Crippen MR) is 84.6 cm³/mol. The van der Waals surface area contributed by atoms with Gasteiger partial charge < -0.3 is 20.6 Å². The lowest BCUT2D eigenvalue weighted by atomic mass is 10.1. The Kier molecular flexibility index (Phi) is 3.74. The van der Waals surface area contributed by atoms with Gasteiger partial charge in [0.05, 0.1) is 11.7 Å². The van der Waals surface area contributed by atoms with E-state index in [4.69, 9.17) is 5.73 Å². The van der Waals surface area contributed by atoms with Gasteiger partial charge in [0, 0.05) is 24.2 Å². The van der Waals surface area contributed by atoms with Crippen molar-refractivity contribution < 1.29 is 18.0 Å². The van der Waals surface area contributed by atoms with Crippen molar-refractivity contribution in [3.8, 4) is 0 Å². The van der Waals surface area contributed by atoms with Crippen molar-refractivity contribution in [3.63, 3.8) is 0 Å². The summed E-state index contributed by atoms with van der Waals surface area (Å²) in [6.45, 7) is 0. The first-order valence-electron chi connectivity index (χ1n) is 6.99. The summed E-state index contributed by atoms with van der Waals surface area (Å²) in [6, 6.07) is 4.86. The van der Waals surface area contributed by atoms with Gasteiger partial charge in [-0.25, -0.2) is 4.98 Å². The number of nitrogens with two attached hydrogens (primary N) is 1. The third-order valence-corrected chi connectivity index (χ3v) is 3.65. The second-order valence-corrected chi connectivity index (χ2v) is 5.32. The van der Waals surface area contributed by atoms with Crippen LogP contribution in [0.1, 0.15) is 16.2 Å². The molecular formula is C15H12F3N5O2. The summed E-state index contributed by atoms with van der Waals surface area (Å²) in [7, 11) is 1.24. The second kappa shape index (κ2) is 5.65. The number of alkyl halides is 3. The molecule has 4 N–H and O–H groups in total. The fourth-order valence-corrected chi connectivity index (χ4v) is 2.45. The molecule has 25 heavy (non-hydrogen) atoms. The van der Waals surface area contributed by atoms with Crippen molar-refractivity contribution in [2.24, 2.45) is 12.8 Å². The number of pyridine rings is 1. The van der Waals surface area contributed by atoms with Crippen LogP contribution < -0.4 is 16.5 Å². The van der Waals surface area contributed by atoms with Crippen LogP contribution >= 0.6 is 0 Å². The second-order valence-electron chi connectivity index (χ2n) is 5.32. The summed E-state index contributed by atoms with van der Waals surface area (Å²) < 4.78 is 39.8. The number of nitrogens with one attached hydrogen (secondary N) is 2. The highest BCUT2D eigenvalue weighted by molar-refractivity contribution is 5.91. The third-order valence-electron chi connectivity index (χ3n) is 3.65. The van der Waals surface area contributed by atoms with Gasteiger partial charge in [0.1, 0.15) is 11.4 Å². The van der Waals surface area contributed by atoms with Crippen LogP contribution in [0.5, 0.6) is 0 Å². The van der Waals surface area contributed by atoms with E-state index >= 15 is 0 Å². The zero-order valence-electron chi connectivity index (χ0n) is 12.8. The van der Waals surface area contributed by atoms with E-state index in [0.717, 1.165) is 4.57 Å². The van der Waals surface area contributed by atoms with Crippen molar-refractivity contribution in [3.05, 3.63) is 52.1 Å². The smallest absolute Gasteiger partial charge is 0.364 e. The van der Waals surface area contributed by atoms with Crippen molar-refractivity contribution in [1.29, 1.82) is 0 Å². The van der Waals surface area contributed by atoms with Gasteiger partial charge in [0.2, 0.25) is 5.95 Å². The average Bonchev–Trinajstić information content (AvgIpc) is 2.98. The van der Waals surface area contributed by atoms with Gasteiger partial charge in [-0.2, -0.15) is 13.2 Å². The van der Waals surface area contributed by atoms with Crippen LogP contribution in [0.2, 0.25) is 0 Å². The van der Waals surface area contributed by atoms with E-state index in [2.05, 4.69) is 15.3 Å². The van der Waals surface area contributed by atoms with E-state index in [-0.39, 0.29) is 22.5 Å². The van der Waals surface area contributed by atoms with Crippen molar-refractivity contribution in [2.75, 3.05) is 5.32 Å². The quantitative estimate of drug-likeness (QED) is 0.672. The van der Waals surface area contributed by atoms with Gasteiger partial charge in [-0.05, 0) is 18.2 Å². The van der Waals surface area contributed by atoms with Gasteiger partial charge in [-0.1, -0.05) is 0 Å². The minimum atomic E-state index is -4.63. The summed E-state index contributed by atoms with van der Waals surface area (Å²) in [4.78, 5) is 29.6. The normalized spacial score (nSPS) is 11.7. The molecule has 0 aliphatic rings. The fraction of sp³-hybridized carbons (Fsp3) is 0.133. The number of imidazole rings is 1. The van der Waals surface area contributed by atoms with Gasteiger partial charge in [-0.3, -0.25) is 9.59 Å². The number of aryl methyl sites for hydroxylation is 1. The molecule has 0 unspecified atom stereocenters. The van der Waals surface area contributed by atoms with Gasteiger partial charge in [0.15, 0.2) is 5.43 Å². The van der Waals surface area contributed by atoms with E-state index < -0.39 is 23.2 Å². The Labute approximate surface area is 138 Å². The molecule has 0 saturated carbocycles. The summed E-state index contributed by atoms with van der Waals surface area (Å²) in [5.74, 6) is -0.482. The molecule has 0 fully saturated rings. The molecule has 0 aliphatic heterocycles. The molecular weight excluding hydrogens is 339 g/mol. The van der Waals surface area contributed by atoms with E-state index in [1.54, 1.807) is 0 Å². The molecule has 0 bridgehead atoms. The number of benzene rings is 1. The lowest BCUT2D eigenvalue weighted by molar-refractivity contribution is -0.143. The number of aromatic nitrogens is 3. The first kappa shape index (κ1) is 16.6. The van der Waals surface area contributed by atoms with Crippen LogP contribution in [-0.2, 0) is 13.2 Å². The first-order valence-corrected chi connectivity index (χ1v) is 6.99. The maximum Gasteiger partial charge on any atom is 0.431 e. The number of primary amides is 1. The molecule has 0 saturated heterocycles. The molecule has 2 aromatic heterocycles. The van der Waals surface area contributed by atoms with Gasteiger partial charge >= 0.3 is 6.18 Å². The Morgan fingerprint density at radius 3 is 2.64 bits per heavy atom. The van der Waals surface area contributed by atoms with E-state index in [1.165, 1.54) is 31.4 Å². The van der Waals surface area contributed by atoms with Crippen LogP contribution in [0.4, 0.5) is 24.8 Å². The SMILES string of the molecule is Cn1c(C(F)(F)F)cc(=O)c2cc(Nc3ncc(C(N)=O)[nH]3)ccc21. The number of H-pyrrole nitrogens is 1. The minimum absolute atomic E-state index is 0.0917. The van der Waals surface area contributed by atoms with Gasteiger partial charge in [-0.15, -0.1) is 0 Å². The molecule has 0 aliphatic carbocycles. The number of amides is 1. The maximum atomic E-state index is 13.0. The highest BCUT2D eigenvalue weighted by Gasteiger charge is 2.34.